The molecule has 1 heterocycles. The molecule has 1 aliphatic heterocycles. The second-order valence-corrected chi connectivity index (χ2v) is 5.63. The lowest BCUT2D eigenvalue weighted by molar-refractivity contribution is 0.0688. The lowest BCUT2D eigenvalue weighted by Gasteiger charge is -2.44. The summed E-state index contributed by atoms with van der Waals surface area (Å²) in [5.41, 5.74) is 1.34. The molecule has 108 valence electrons. The molecule has 4 nitrogen and oxygen atoms in total. The predicted molar refractivity (Wildman–Crippen MR) is 82.0 cm³/mol. The molecule has 0 unspecified atom stereocenters. The fourth-order valence-corrected chi connectivity index (χ4v) is 2.95. The van der Waals surface area contributed by atoms with Crippen LogP contribution in [0.4, 0.5) is 4.79 Å². The van der Waals surface area contributed by atoms with E-state index in [0.717, 1.165) is 19.6 Å². The van der Waals surface area contributed by atoms with Crippen LogP contribution in [0.1, 0.15) is 19.4 Å². The van der Waals surface area contributed by atoms with Crippen molar-refractivity contribution in [2.75, 3.05) is 20.2 Å². The van der Waals surface area contributed by atoms with Gasteiger partial charge in [0, 0.05) is 31.7 Å². The average Bonchev–Trinajstić information content (AvgIpc) is 2.44. The Morgan fingerprint density at radius 1 is 1.25 bits per heavy atom. The number of carbonyl (C=O) groups excluding carboxylic acids is 1. The molecule has 0 spiro atoms. The molecule has 1 saturated heterocycles. The molecule has 1 aromatic rings. The Labute approximate surface area is 122 Å². The van der Waals surface area contributed by atoms with Gasteiger partial charge in [0.2, 0.25) is 0 Å². The summed E-state index contributed by atoms with van der Waals surface area (Å²) in [4.78, 5) is 16.1. The molecule has 2 rings (SSSR count). The second kappa shape index (κ2) is 6.91. The minimum absolute atomic E-state index is 0.152. The zero-order valence-corrected chi connectivity index (χ0v) is 12.6. The smallest absolute Gasteiger partial charge is 0.341 e. The Balaban J connectivity index is 1.95. The van der Waals surface area contributed by atoms with E-state index < -0.39 is 0 Å². The Kier molecular flexibility index (Phi) is 5.20. The molecule has 2 atom stereocenters. The van der Waals surface area contributed by atoms with Crippen LogP contribution in [-0.4, -0.2) is 55.3 Å². The SMILES string of the molecule is COC(=O)BN1C[C@@H](C)N(Cc2ccccc2)[C@@H](C)C1. The van der Waals surface area contributed by atoms with E-state index in [-0.39, 0.29) is 5.87 Å². The normalized spacial score (nSPS) is 24.4. The number of hydrogen-bond donors (Lipinski definition) is 0. The monoisotopic (exact) mass is 274 g/mol. The van der Waals surface area contributed by atoms with Crippen molar-refractivity contribution in [1.82, 2.24) is 9.71 Å². The van der Waals surface area contributed by atoms with Crippen molar-refractivity contribution in [3.05, 3.63) is 35.9 Å². The number of methoxy groups -OCH3 is 1. The van der Waals surface area contributed by atoms with Crippen LogP contribution in [0.2, 0.25) is 0 Å². The van der Waals surface area contributed by atoms with E-state index >= 15 is 0 Å². The van der Waals surface area contributed by atoms with Crippen LogP contribution >= 0.6 is 0 Å². The summed E-state index contributed by atoms with van der Waals surface area (Å²) < 4.78 is 4.75. The Morgan fingerprint density at radius 2 is 1.85 bits per heavy atom. The van der Waals surface area contributed by atoms with E-state index in [0.29, 0.717) is 19.5 Å². The van der Waals surface area contributed by atoms with Gasteiger partial charge in [-0.05, 0) is 19.4 Å². The van der Waals surface area contributed by atoms with Crippen LogP contribution in [0, 0.1) is 0 Å². The van der Waals surface area contributed by atoms with Crippen LogP contribution < -0.4 is 0 Å². The Morgan fingerprint density at radius 3 is 2.40 bits per heavy atom. The standard InChI is InChI=1S/C15H23BN2O2/c1-12-9-17(16-15(19)20-3)10-13(2)18(12)11-14-7-5-4-6-8-14/h4-8,12-13,16H,9-11H2,1-3H3/t12-,13+. The maximum absolute atomic E-state index is 11.4. The van der Waals surface area contributed by atoms with Crippen LogP contribution in [-0.2, 0) is 11.3 Å². The highest BCUT2D eigenvalue weighted by atomic mass is 16.5. The summed E-state index contributed by atoms with van der Waals surface area (Å²) in [7, 11) is 1.84. The Bertz CT molecular complexity index is 429. The van der Waals surface area contributed by atoms with Crippen molar-refractivity contribution in [1.29, 1.82) is 0 Å². The van der Waals surface area contributed by atoms with E-state index in [2.05, 4.69) is 47.8 Å². The molecule has 1 aromatic carbocycles. The van der Waals surface area contributed by atoms with Crippen molar-refractivity contribution < 1.29 is 9.53 Å². The van der Waals surface area contributed by atoms with Gasteiger partial charge in [-0.15, -0.1) is 0 Å². The third kappa shape index (κ3) is 3.84. The number of benzene rings is 1. The number of nitrogens with zero attached hydrogens (tertiary/aromatic N) is 2. The molecule has 1 aliphatic rings. The predicted octanol–water partition coefficient (Wildman–Crippen LogP) is 1.70. The third-order valence-electron chi connectivity index (χ3n) is 3.97. The third-order valence-corrected chi connectivity index (χ3v) is 3.97. The molecule has 0 N–H and O–H groups in total. The van der Waals surface area contributed by atoms with Gasteiger partial charge >= 0.3 is 7.41 Å². The first-order chi connectivity index (χ1) is 9.60. The highest BCUT2D eigenvalue weighted by Gasteiger charge is 2.30. The topological polar surface area (TPSA) is 32.8 Å². The van der Waals surface area contributed by atoms with Gasteiger partial charge in [0.05, 0.1) is 7.11 Å². The molecule has 20 heavy (non-hydrogen) atoms. The quantitative estimate of drug-likeness (QED) is 0.782. The van der Waals surface area contributed by atoms with Gasteiger partial charge in [0.15, 0.2) is 0 Å². The van der Waals surface area contributed by atoms with Crippen molar-refractivity contribution >= 4 is 13.3 Å². The minimum atomic E-state index is -0.152. The molecule has 0 bridgehead atoms. The summed E-state index contributed by atoms with van der Waals surface area (Å²) in [6, 6.07) is 11.4. The molecule has 1 fully saturated rings. The van der Waals surface area contributed by atoms with Gasteiger partial charge in [0.25, 0.3) is 5.87 Å². The highest BCUT2D eigenvalue weighted by Crippen LogP contribution is 2.18. The van der Waals surface area contributed by atoms with Crippen LogP contribution in [0.3, 0.4) is 0 Å². The highest BCUT2D eigenvalue weighted by molar-refractivity contribution is 6.69. The van der Waals surface area contributed by atoms with Crippen molar-refractivity contribution in [2.45, 2.75) is 32.5 Å². The number of piperazine rings is 1. The van der Waals surface area contributed by atoms with Gasteiger partial charge in [0.1, 0.15) is 0 Å². The van der Waals surface area contributed by atoms with Crippen molar-refractivity contribution in [2.24, 2.45) is 0 Å². The van der Waals surface area contributed by atoms with Gasteiger partial charge < -0.3 is 9.55 Å². The van der Waals surface area contributed by atoms with Crippen molar-refractivity contribution in [3.63, 3.8) is 0 Å². The fraction of sp³-hybridized carbons (Fsp3) is 0.533. The molecule has 0 aliphatic carbocycles. The average molecular weight is 274 g/mol. The molecular weight excluding hydrogens is 251 g/mol. The van der Waals surface area contributed by atoms with Crippen LogP contribution in [0.25, 0.3) is 0 Å². The molecule has 5 heteroatoms. The zero-order chi connectivity index (χ0) is 14.5. The summed E-state index contributed by atoms with van der Waals surface area (Å²) in [6.07, 6.45) is 0. The van der Waals surface area contributed by atoms with Gasteiger partial charge in [-0.3, -0.25) is 9.69 Å². The first-order valence-corrected chi connectivity index (χ1v) is 7.19. The van der Waals surface area contributed by atoms with E-state index in [1.54, 1.807) is 0 Å². The first-order valence-electron chi connectivity index (χ1n) is 7.19. The van der Waals surface area contributed by atoms with E-state index in [9.17, 15) is 4.79 Å². The molecule has 0 aromatic heterocycles. The summed E-state index contributed by atoms with van der Waals surface area (Å²) in [5.74, 6) is -0.152. The van der Waals surface area contributed by atoms with Gasteiger partial charge in [-0.2, -0.15) is 0 Å². The number of hydrogen-bond acceptors (Lipinski definition) is 4. The number of ether oxygens (including phenoxy) is 1. The molecule has 0 saturated carbocycles. The lowest BCUT2D eigenvalue weighted by Crippen LogP contribution is -2.57. The maximum atomic E-state index is 11.4. The summed E-state index contributed by atoms with van der Waals surface area (Å²) >= 11 is 0. The molecule has 0 amide bonds. The second-order valence-electron chi connectivity index (χ2n) is 5.63. The Hall–Kier alpha value is -1.33. The van der Waals surface area contributed by atoms with E-state index in [1.165, 1.54) is 12.7 Å². The number of rotatable bonds is 4. The summed E-state index contributed by atoms with van der Waals surface area (Å²) in [5, 5.41) is 0. The van der Waals surface area contributed by atoms with Crippen LogP contribution in [0.15, 0.2) is 30.3 Å². The minimum Gasteiger partial charge on any atom is -0.476 e. The molecule has 0 radical (unpaired) electrons. The largest absolute Gasteiger partial charge is 0.476 e. The number of carbonyl (C=O) groups is 1. The van der Waals surface area contributed by atoms with E-state index in [1.807, 2.05) is 6.07 Å². The van der Waals surface area contributed by atoms with Gasteiger partial charge in [-0.1, -0.05) is 30.3 Å². The van der Waals surface area contributed by atoms with Gasteiger partial charge in [-0.25, -0.2) is 0 Å². The lowest BCUT2D eigenvalue weighted by atomic mass is 9.88. The van der Waals surface area contributed by atoms with Crippen molar-refractivity contribution in [3.8, 4) is 0 Å². The maximum Gasteiger partial charge on any atom is 0.341 e. The first kappa shape index (κ1) is 15.1. The zero-order valence-electron chi connectivity index (χ0n) is 12.6. The molecular formula is C15H23BN2O2. The van der Waals surface area contributed by atoms with E-state index in [4.69, 9.17) is 4.74 Å². The fourth-order valence-electron chi connectivity index (χ4n) is 2.95. The van der Waals surface area contributed by atoms with Crippen LogP contribution in [0.5, 0.6) is 0 Å². The summed E-state index contributed by atoms with van der Waals surface area (Å²) in [6.45, 7) is 7.24.